The SMILES string of the molecule is CC(C)(C)c1csc(=Nc2ccc(F)cc2F)o1. The summed E-state index contributed by atoms with van der Waals surface area (Å²) in [6.07, 6.45) is 0. The lowest BCUT2D eigenvalue weighted by atomic mass is 9.95. The summed E-state index contributed by atoms with van der Waals surface area (Å²) < 4.78 is 31.7. The van der Waals surface area contributed by atoms with Crippen LogP contribution < -0.4 is 4.87 Å². The van der Waals surface area contributed by atoms with Gasteiger partial charge in [-0.05, 0) is 12.1 Å². The van der Waals surface area contributed by atoms with E-state index in [4.69, 9.17) is 4.42 Å². The van der Waals surface area contributed by atoms with Crippen LogP contribution >= 0.6 is 11.3 Å². The molecule has 0 amide bonds. The first-order chi connectivity index (χ1) is 8.36. The average Bonchev–Trinajstić information content (AvgIpc) is 2.70. The Morgan fingerprint density at radius 3 is 2.50 bits per heavy atom. The monoisotopic (exact) mass is 269 g/mol. The fraction of sp³-hybridized carbons (Fsp3) is 0.308. The molecule has 0 aliphatic rings. The van der Waals surface area contributed by atoms with E-state index in [2.05, 4.69) is 4.99 Å². The summed E-state index contributed by atoms with van der Waals surface area (Å²) in [5.74, 6) is -0.533. The smallest absolute Gasteiger partial charge is 0.279 e. The molecule has 96 valence electrons. The molecule has 0 aliphatic carbocycles. The summed E-state index contributed by atoms with van der Waals surface area (Å²) in [5, 5.41) is 1.85. The zero-order valence-electron chi connectivity index (χ0n) is 10.3. The molecule has 0 aliphatic heterocycles. The molecule has 0 fully saturated rings. The molecule has 0 atom stereocenters. The first-order valence-corrected chi connectivity index (χ1v) is 6.33. The van der Waals surface area contributed by atoms with Gasteiger partial charge in [-0.1, -0.05) is 32.1 Å². The van der Waals surface area contributed by atoms with Crippen LogP contribution in [-0.4, -0.2) is 0 Å². The van der Waals surface area contributed by atoms with Gasteiger partial charge < -0.3 is 4.42 Å². The maximum Gasteiger partial charge on any atom is 0.279 e. The molecule has 0 unspecified atom stereocenters. The van der Waals surface area contributed by atoms with Gasteiger partial charge >= 0.3 is 0 Å². The summed E-state index contributed by atoms with van der Waals surface area (Å²) in [6, 6.07) is 3.26. The van der Waals surface area contributed by atoms with E-state index in [1.165, 1.54) is 23.5 Å². The number of hydrogen-bond acceptors (Lipinski definition) is 3. The molecule has 0 saturated carbocycles. The predicted molar refractivity (Wildman–Crippen MR) is 66.9 cm³/mol. The van der Waals surface area contributed by atoms with Crippen LogP contribution in [0.4, 0.5) is 14.5 Å². The van der Waals surface area contributed by atoms with E-state index < -0.39 is 11.6 Å². The Morgan fingerprint density at radius 1 is 1.22 bits per heavy atom. The van der Waals surface area contributed by atoms with E-state index in [1.54, 1.807) is 0 Å². The molecule has 5 heteroatoms. The number of halogens is 2. The molecular formula is C13H13F2NOS. The molecular weight excluding hydrogens is 256 g/mol. The summed E-state index contributed by atoms with van der Waals surface area (Å²) >= 11 is 1.29. The van der Waals surface area contributed by atoms with E-state index in [1.807, 2.05) is 26.2 Å². The van der Waals surface area contributed by atoms with Crippen LogP contribution in [0.3, 0.4) is 0 Å². The highest BCUT2D eigenvalue weighted by molar-refractivity contribution is 7.07. The number of hydrogen-bond donors (Lipinski definition) is 0. The van der Waals surface area contributed by atoms with Crippen molar-refractivity contribution in [2.45, 2.75) is 26.2 Å². The number of rotatable bonds is 1. The number of nitrogens with zero attached hydrogens (tertiary/aromatic N) is 1. The van der Waals surface area contributed by atoms with Crippen molar-refractivity contribution in [2.24, 2.45) is 4.99 Å². The van der Waals surface area contributed by atoms with Crippen LogP contribution in [0, 0.1) is 11.6 Å². The highest BCUT2D eigenvalue weighted by Crippen LogP contribution is 2.23. The summed E-state index contributed by atoms with van der Waals surface area (Å²) in [7, 11) is 0. The van der Waals surface area contributed by atoms with Crippen LogP contribution in [0.1, 0.15) is 26.5 Å². The molecule has 1 aromatic carbocycles. The van der Waals surface area contributed by atoms with Gasteiger partial charge in [0.25, 0.3) is 4.87 Å². The molecule has 2 nitrogen and oxygen atoms in total. The van der Waals surface area contributed by atoms with Gasteiger partial charge in [-0.25, -0.2) is 13.8 Å². The third-order valence-corrected chi connectivity index (χ3v) is 3.03. The van der Waals surface area contributed by atoms with Crippen molar-refractivity contribution < 1.29 is 13.2 Å². The molecule has 1 aromatic heterocycles. The Hall–Kier alpha value is -1.49. The Balaban J connectivity index is 2.42. The topological polar surface area (TPSA) is 25.5 Å². The summed E-state index contributed by atoms with van der Waals surface area (Å²) in [6.45, 7) is 6.04. The molecule has 2 rings (SSSR count). The maximum atomic E-state index is 13.4. The largest absolute Gasteiger partial charge is 0.434 e. The van der Waals surface area contributed by atoms with Crippen LogP contribution in [0.25, 0.3) is 0 Å². The highest BCUT2D eigenvalue weighted by Gasteiger charge is 2.17. The van der Waals surface area contributed by atoms with Crippen molar-refractivity contribution >= 4 is 17.0 Å². The summed E-state index contributed by atoms with van der Waals surface area (Å²) in [5.41, 5.74) is -0.0477. The van der Waals surface area contributed by atoms with Crippen molar-refractivity contribution in [2.75, 3.05) is 0 Å². The molecule has 0 N–H and O–H groups in total. The van der Waals surface area contributed by atoms with E-state index >= 15 is 0 Å². The van der Waals surface area contributed by atoms with Crippen LogP contribution in [-0.2, 0) is 5.41 Å². The zero-order chi connectivity index (χ0) is 13.3. The lowest BCUT2D eigenvalue weighted by Crippen LogP contribution is -2.10. The van der Waals surface area contributed by atoms with Crippen molar-refractivity contribution in [3.8, 4) is 0 Å². The Labute approximate surface area is 108 Å². The van der Waals surface area contributed by atoms with Crippen molar-refractivity contribution in [1.29, 1.82) is 0 Å². The maximum absolute atomic E-state index is 13.4. The van der Waals surface area contributed by atoms with E-state index in [0.29, 0.717) is 4.87 Å². The molecule has 2 aromatic rings. The molecule has 1 heterocycles. The molecule has 0 radical (unpaired) electrons. The van der Waals surface area contributed by atoms with Crippen molar-refractivity contribution in [1.82, 2.24) is 0 Å². The Kier molecular flexibility index (Phi) is 3.34. The second kappa shape index (κ2) is 4.65. The van der Waals surface area contributed by atoms with Gasteiger partial charge in [0.2, 0.25) is 0 Å². The molecule has 0 spiro atoms. The van der Waals surface area contributed by atoms with Gasteiger partial charge in [0.05, 0.1) is 0 Å². The normalized spacial score (nSPS) is 13.1. The summed E-state index contributed by atoms with van der Waals surface area (Å²) in [4.78, 5) is 4.38. The Bertz CT molecular complexity index is 622. The van der Waals surface area contributed by atoms with Gasteiger partial charge in [0.15, 0.2) is 5.82 Å². The predicted octanol–water partition coefficient (Wildman–Crippen LogP) is 4.15. The van der Waals surface area contributed by atoms with E-state index in [9.17, 15) is 8.78 Å². The third kappa shape index (κ3) is 2.85. The van der Waals surface area contributed by atoms with Gasteiger partial charge in [-0.2, -0.15) is 0 Å². The van der Waals surface area contributed by atoms with Gasteiger partial charge in [0.1, 0.15) is 17.3 Å². The fourth-order valence-corrected chi connectivity index (χ4v) is 2.19. The van der Waals surface area contributed by atoms with Gasteiger partial charge in [-0.15, -0.1) is 0 Å². The standard InChI is InChI=1S/C13H13F2NOS/c1-13(2,3)11-7-18-12(17-11)16-10-5-4-8(14)6-9(10)15/h4-7H,1-3H3. The molecule has 0 saturated heterocycles. The minimum Gasteiger partial charge on any atom is -0.434 e. The fourth-order valence-electron chi connectivity index (χ4n) is 1.30. The van der Waals surface area contributed by atoms with E-state index in [0.717, 1.165) is 11.8 Å². The number of benzene rings is 1. The van der Waals surface area contributed by atoms with E-state index in [-0.39, 0.29) is 11.1 Å². The van der Waals surface area contributed by atoms with Gasteiger partial charge in [-0.3, -0.25) is 0 Å². The second-order valence-corrected chi connectivity index (χ2v) is 5.75. The minimum atomic E-state index is -0.698. The molecule has 0 bridgehead atoms. The average molecular weight is 269 g/mol. The first-order valence-electron chi connectivity index (χ1n) is 5.45. The lowest BCUT2D eigenvalue weighted by Gasteiger charge is -2.12. The van der Waals surface area contributed by atoms with Gasteiger partial charge in [0, 0.05) is 16.9 Å². The lowest BCUT2D eigenvalue weighted by molar-refractivity contribution is 0.388. The Morgan fingerprint density at radius 2 is 1.94 bits per heavy atom. The third-order valence-electron chi connectivity index (χ3n) is 2.32. The van der Waals surface area contributed by atoms with Crippen molar-refractivity contribution in [3.63, 3.8) is 0 Å². The molecule has 18 heavy (non-hydrogen) atoms. The van der Waals surface area contributed by atoms with Crippen molar-refractivity contribution in [3.05, 3.63) is 45.8 Å². The van der Waals surface area contributed by atoms with Crippen LogP contribution in [0.2, 0.25) is 0 Å². The first kappa shape index (κ1) is 13.0. The quantitative estimate of drug-likeness (QED) is 0.763. The highest BCUT2D eigenvalue weighted by atomic mass is 32.1. The second-order valence-electron chi connectivity index (χ2n) is 4.93. The zero-order valence-corrected chi connectivity index (χ0v) is 11.1. The van der Waals surface area contributed by atoms with Crippen LogP contribution in [0.5, 0.6) is 0 Å². The van der Waals surface area contributed by atoms with Crippen LogP contribution in [0.15, 0.2) is 33.0 Å². The minimum absolute atomic E-state index is 0.0717.